The average molecular weight is 368 g/mol. The first-order chi connectivity index (χ1) is 12.8. The molecule has 144 valence electrons. The van der Waals surface area contributed by atoms with Crippen molar-refractivity contribution < 1.29 is 9.90 Å². The van der Waals surface area contributed by atoms with Gasteiger partial charge in [0.05, 0.1) is 6.04 Å². The Morgan fingerprint density at radius 2 is 1.81 bits per heavy atom. The van der Waals surface area contributed by atoms with Gasteiger partial charge in [-0.25, -0.2) is 4.98 Å². The molecule has 1 aliphatic heterocycles. The van der Waals surface area contributed by atoms with E-state index in [1.807, 2.05) is 56.6 Å². The van der Waals surface area contributed by atoms with Gasteiger partial charge in [0.25, 0.3) is 5.91 Å². The van der Waals surface area contributed by atoms with Crippen LogP contribution in [0.25, 0.3) is 0 Å². The van der Waals surface area contributed by atoms with Crippen molar-refractivity contribution >= 4 is 11.7 Å². The van der Waals surface area contributed by atoms with Gasteiger partial charge in [-0.15, -0.1) is 0 Å². The van der Waals surface area contributed by atoms with Crippen LogP contribution in [-0.2, 0) is 5.60 Å². The van der Waals surface area contributed by atoms with Gasteiger partial charge in [-0.3, -0.25) is 4.79 Å². The predicted octanol–water partition coefficient (Wildman–Crippen LogP) is 1.81. The van der Waals surface area contributed by atoms with Crippen molar-refractivity contribution in [3.63, 3.8) is 0 Å². The number of likely N-dealkylation sites (N-methyl/N-ethyl adjacent to an activating group) is 1. The summed E-state index contributed by atoms with van der Waals surface area (Å²) in [4.78, 5) is 22.5. The second-order valence-electron chi connectivity index (χ2n) is 7.55. The lowest BCUT2D eigenvalue weighted by molar-refractivity contribution is -0.0527. The molecule has 1 aromatic carbocycles. The predicted molar refractivity (Wildman–Crippen MR) is 107 cm³/mol. The van der Waals surface area contributed by atoms with E-state index in [0.29, 0.717) is 25.2 Å². The number of hydrogen-bond acceptors (Lipinski definition) is 5. The average Bonchev–Trinajstić information content (AvgIpc) is 2.68. The van der Waals surface area contributed by atoms with Crippen molar-refractivity contribution in [3.05, 3.63) is 59.8 Å². The highest BCUT2D eigenvalue weighted by Gasteiger charge is 2.44. The van der Waals surface area contributed by atoms with Crippen molar-refractivity contribution in [1.82, 2.24) is 14.8 Å². The molecule has 3 rings (SSSR count). The molecule has 0 unspecified atom stereocenters. The Balaban J connectivity index is 1.88. The first-order valence-electron chi connectivity index (χ1n) is 9.21. The Hall–Kier alpha value is -2.44. The van der Waals surface area contributed by atoms with E-state index in [4.69, 9.17) is 0 Å². The standard InChI is InChI=1S/C21H28N4O2/c1-23(2)18-15-25(14-13-21(18,27)16-9-6-5-7-10-16)19-12-8-11-17(22-19)20(26)24(3)4/h5-12,18,27H,13-15H2,1-4H3/t18-,21+/m1/s1. The van der Waals surface area contributed by atoms with Gasteiger partial charge in [-0.05, 0) is 38.2 Å². The molecule has 0 bridgehead atoms. The van der Waals surface area contributed by atoms with Crippen molar-refractivity contribution in [2.75, 3.05) is 46.2 Å². The summed E-state index contributed by atoms with van der Waals surface area (Å²) in [5.41, 5.74) is 0.453. The highest BCUT2D eigenvalue weighted by atomic mass is 16.3. The molecule has 6 nitrogen and oxygen atoms in total. The fourth-order valence-electron chi connectivity index (χ4n) is 3.73. The number of nitrogens with zero attached hydrogens (tertiary/aromatic N) is 4. The molecule has 6 heteroatoms. The zero-order valence-corrected chi connectivity index (χ0v) is 16.5. The molecule has 1 aromatic heterocycles. The summed E-state index contributed by atoms with van der Waals surface area (Å²) in [5, 5.41) is 11.5. The maximum atomic E-state index is 12.2. The van der Waals surface area contributed by atoms with Gasteiger partial charge in [-0.1, -0.05) is 36.4 Å². The fraction of sp³-hybridized carbons (Fsp3) is 0.429. The lowest BCUT2D eigenvalue weighted by atomic mass is 9.80. The first kappa shape index (κ1) is 19.3. The molecule has 2 aromatic rings. The third kappa shape index (κ3) is 3.82. The summed E-state index contributed by atoms with van der Waals surface area (Å²) in [7, 11) is 7.42. The molecule has 1 N–H and O–H groups in total. The molecule has 2 heterocycles. The van der Waals surface area contributed by atoms with Crippen molar-refractivity contribution in [1.29, 1.82) is 0 Å². The Morgan fingerprint density at radius 3 is 2.44 bits per heavy atom. The Labute approximate surface area is 161 Å². The van der Waals surface area contributed by atoms with Crippen LogP contribution in [0.3, 0.4) is 0 Å². The smallest absolute Gasteiger partial charge is 0.272 e. The van der Waals surface area contributed by atoms with Crippen molar-refractivity contribution in [2.24, 2.45) is 0 Å². The SMILES string of the molecule is CN(C)C(=O)c1cccc(N2CC[C@](O)(c3ccccc3)[C@H](N(C)C)C2)n1. The second-order valence-corrected chi connectivity index (χ2v) is 7.55. The van der Waals surface area contributed by atoms with Crippen molar-refractivity contribution in [2.45, 2.75) is 18.1 Å². The fourth-order valence-corrected chi connectivity index (χ4v) is 3.73. The van der Waals surface area contributed by atoms with Crippen LogP contribution in [0.2, 0.25) is 0 Å². The van der Waals surface area contributed by atoms with Gasteiger partial charge in [0.15, 0.2) is 0 Å². The van der Waals surface area contributed by atoms with E-state index in [1.54, 1.807) is 20.2 Å². The number of aliphatic hydroxyl groups is 1. The molecule has 0 spiro atoms. The van der Waals surface area contributed by atoms with Crippen LogP contribution < -0.4 is 4.90 Å². The largest absolute Gasteiger partial charge is 0.383 e. The number of anilines is 1. The minimum atomic E-state index is -0.918. The van der Waals surface area contributed by atoms with E-state index in [1.165, 1.54) is 4.90 Å². The summed E-state index contributed by atoms with van der Waals surface area (Å²) in [6.45, 7) is 1.30. The molecule has 1 aliphatic rings. The third-order valence-electron chi connectivity index (χ3n) is 5.29. The Morgan fingerprint density at radius 1 is 1.11 bits per heavy atom. The molecule has 0 saturated carbocycles. The second kappa shape index (κ2) is 7.66. The summed E-state index contributed by atoms with van der Waals surface area (Å²) in [5.74, 6) is 0.656. The van der Waals surface area contributed by atoms with E-state index in [9.17, 15) is 9.90 Å². The van der Waals surface area contributed by atoms with E-state index in [0.717, 1.165) is 11.4 Å². The first-order valence-corrected chi connectivity index (χ1v) is 9.21. The highest BCUT2D eigenvalue weighted by Crippen LogP contribution is 2.36. The van der Waals surface area contributed by atoms with Crippen LogP contribution in [0.5, 0.6) is 0 Å². The summed E-state index contributed by atoms with van der Waals surface area (Å²) < 4.78 is 0. The summed E-state index contributed by atoms with van der Waals surface area (Å²) >= 11 is 0. The van der Waals surface area contributed by atoms with E-state index in [-0.39, 0.29) is 11.9 Å². The van der Waals surface area contributed by atoms with Crippen LogP contribution in [0.15, 0.2) is 48.5 Å². The molecular weight excluding hydrogens is 340 g/mol. The number of hydrogen-bond donors (Lipinski definition) is 1. The zero-order valence-electron chi connectivity index (χ0n) is 16.5. The molecule has 0 aliphatic carbocycles. The number of pyridine rings is 1. The van der Waals surface area contributed by atoms with Crippen LogP contribution in [0.1, 0.15) is 22.5 Å². The van der Waals surface area contributed by atoms with Crippen LogP contribution in [0, 0.1) is 0 Å². The van der Waals surface area contributed by atoms with Gasteiger partial charge in [0, 0.05) is 27.2 Å². The molecule has 2 atom stereocenters. The normalized spacial score (nSPS) is 22.7. The lowest BCUT2D eigenvalue weighted by Gasteiger charge is -2.48. The summed E-state index contributed by atoms with van der Waals surface area (Å²) in [6, 6.07) is 15.3. The minimum Gasteiger partial charge on any atom is -0.383 e. The lowest BCUT2D eigenvalue weighted by Crippen LogP contribution is -2.59. The van der Waals surface area contributed by atoms with E-state index >= 15 is 0 Å². The molecule has 1 fully saturated rings. The van der Waals surface area contributed by atoms with E-state index < -0.39 is 5.60 Å². The number of carbonyl (C=O) groups excluding carboxylic acids is 1. The molecule has 1 amide bonds. The van der Waals surface area contributed by atoms with Gasteiger partial charge >= 0.3 is 0 Å². The van der Waals surface area contributed by atoms with Crippen LogP contribution in [0.4, 0.5) is 5.82 Å². The molecular formula is C21H28N4O2. The Bertz CT molecular complexity index is 794. The zero-order chi connectivity index (χ0) is 19.6. The summed E-state index contributed by atoms with van der Waals surface area (Å²) in [6.07, 6.45) is 0.591. The van der Waals surface area contributed by atoms with Gasteiger partial charge in [-0.2, -0.15) is 0 Å². The molecule has 0 radical (unpaired) electrons. The number of carbonyl (C=O) groups is 1. The number of amides is 1. The topological polar surface area (TPSA) is 59.9 Å². The number of aromatic nitrogens is 1. The number of benzene rings is 1. The van der Waals surface area contributed by atoms with Gasteiger partial charge in [0.2, 0.25) is 0 Å². The van der Waals surface area contributed by atoms with Gasteiger partial charge in [0.1, 0.15) is 17.1 Å². The van der Waals surface area contributed by atoms with E-state index in [2.05, 4.69) is 14.8 Å². The van der Waals surface area contributed by atoms with Crippen molar-refractivity contribution in [3.8, 4) is 0 Å². The monoisotopic (exact) mass is 368 g/mol. The number of rotatable bonds is 4. The minimum absolute atomic E-state index is 0.0938. The molecule has 1 saturated heterocycles. The maximum Gasteiger partial charge on any atom is 0.272 e. The van der Waals surface area contributed by atoms with Crippen LogP contribution in [-0.4, -0.2) is 73.1 Å². The third-order valence-corrected chi connectivity index (χ3v) is 5.29. The Kier molecular flexibility index (Phi) is 5.48. The van der Waals surface area contributed by atoms with Crippen LogP contribution >= 0.6 is 0 Å². The maximum absolute atomic E-state index is 12.2. The number of piperidine rings is 1. The quantitative estimate of drug-likeness (QED) is 0.892. The van der Waals surface area contributed by atoms with Gasteiger partial charge < -0.3 is 19.8 Å². The molecule has 27 heavy (non-hydrogen) atoms. The highest BCUT2D eigenvalue weighted by molar-refractivity contribution is 5.92.